The quantitative estimate of drug-likeness (QED) is 0.937. The van der Waals surface area contributed by atoms with Crippen LogP contribution in [0.3, 0.4) is 0 Å². The Morgan fingerprint density at radius 2 is 1.81 bits per heavy atom. The van der Waals surface area contributed by atoms with Crippen molar-refractivity contribution >= 4 is 22.5 Å². The van der Waals surface area contributed by atoms with Crippen molar-refractivity contribution < 1.29 is 4.79 Å². The van der Waals surface area contributed by atoms with E-state index >= 15 is 0 Å². The summed E-state index contributed by atoms with van der Waals surface area (Å²) < 4.78 is 0. The van der Waals surface area contributed by atoms with Gasteiger partial charge in [-0.3, -0.25) is 4.79 Å². The van der Waals surface area contributed by atoms with Crippen LogP contribution in [0.15, 0.2) is 24.3 Å². The Morgan fingerprint density at radius 1 is 1.10 bits per heavy atom. The van der Waals surface area contributed by atoms with E-state index in [2.05, 4.69) is 20.4 Å². The van der Waals surface area contributed by atoms with Crippen LogP contribution in [0.4, 0.5) is 5.82 Å². The number of anilines is 1. The lowest BCUT2D eigenvalue weighted by molar-refractivity contribution is 0.0947. The van der Waals surface area contributed by atoms with Crippen LogP contribution in [0, 0.1) is 0 Å². The molecule has 5 nitrogen and oxygen atoms in total. The number of nitrogens with zero attached hydrogens (tertiary/aromatic N) is 3. The van der Waals surface area contributed by atoms with Crippen LogP contribution >= 0.6 is 0 Å². The molecule has 1 aromatic carbocycles. The fourth-order valence-electron chi connectivity index (χ4n) is 2.90. The Balaban J connectivity index is 1.78. The van der Waals surface area contributed by atoms with Crippen molar-refractivity contribution in [2.75, 3.05) is 18.0 Å². The number of hydrogen-bond acceptors (Lipinski definition) is 4. The number of amides is 1. The maximum absolute atomic E-state index is 12.3. The summed E-state index contributed by atoms with van der Waals surface area (Å²) >= 11 is 0. The van der Waals surface area contributed by atoms with Gasteiger partial charge in [0.1, 0.15) is 0 Å². The summed E-state index contributed by atoms with van der Waals surface area (Å²) in [7, 11) is 0. The highest BCUT2D eigenvalue weighted by Gasteiger charge is 2.26. The number of aromatic nitrogens is 2. The molecule has 1 aliphatic heterocycles. The lowest BCUT2D eigenvalue weighted by Crippen LogP contribution is -2.27. The highest BCUT2D eigenvalue weighted by atomic mass is 16.2. The summed E-state index contributed by atoms with van der Waals surface area (Å²) in [6, 6.07) is 8.27. The van der Waals surface area contributed by atoms with Crippen LogP contribution in [-0.2, 0) is 0 Å². The van der Waals surface area contributed by atoms with E-state index in [1.165, 1.54) is 12.8 Å². The molecule has 2 fully saturated rings. The van der Waals surface area contributed by atoms with E-state index in [0.717, 1.165) is 42.5 Å². The van der Waals surface area contributed by atoms with Crippen molar-refractivity contribution in [3.8, 4) is 0 Å². The van der Waals surface area contributed by atoms with Crippen LogP contribution < -0.4 is 10.2 Å². The van der Waals surface area contributed by atoms with E-state index in [0.29, 0.717) is 11.7 Å². The number of carbonyl (C=O) groups excluding carboxylic acids is 1. The standard InChI is InChI=1S/C16H18N4O/c21-16(17-11-7-8-11)14-12-5-1-2-6-13(12)15(19-18-14)20-9-3-4-10-20/h1-2,5-6,11H,3-4,7-10H2,(H,17,21). The monoisotopic (exact) mass is 282 g/mol. The zero-order valence-electron chi connectivity index (χ0n) is 11.9. The molecule has 1 saturated carbocycles. The molecule has 0 atom stereocenters. The van der Waals surface area contributed by atoms with Crippen LogP contribution in [-0.4, -0.2) is 35.2 Å². The molecule has 1 saturated heterocycles. The highest BCUT2D eigenvalue weighted by Crippen LogP contribution is 2.28. The first-order chi connectivity index (χ1) is 10.3. The lowest BCUT2D eigenvalue weighted by atomic mass is 10.1. The molecule has 4 rings (SSSR count). The average Bonchev–Trinajstić information content (AvgIpc) is 3.16. The van der Waals surface area contributed by atoms with Gasteiger partial charge in [0.15, 0.2) is 11.5 Å². The number of benzene rings is 1. The Morgan fingerprint density at radius 3 is 2.52 bits per heavy atom. The molecule has 108 valence electrons. The summed E-state index contributed by atoms with van der Waals surface area (Å²) in [4.78, 5) is 14.6. The molecule has 1 aromatic heterocycles. The van der Waals surface area contributed by atoms with E-state index in [-0.39, 0.29) is 5.91 Å². The zero-order chi connectivity index (χ0) is 14.2. The maximum atomic E-state index is 12.3. The maximum Gasteiger partial charge on any atom is 0.272 e. The Hall–Kier alpha value is -2.17. The number of carbonyl (C=O) groups is 1. The molecular weight excluding hydrogens is 264 g/mol. The third-order valence-corrected chi connectivity index (χ3v) is 4.20. The fourth-order valence-corrected chi connectivity index (χ4v) is 2.90. The summed E-state index contributed by atoms with van der Waals surface area (Å²) in [5.41, 5.74) is 0.445. The molecule has 2 heterocycles. The van der Waals surface area contributed by atoms with Crippen molar-refractivity contribution in [2.45, 2.75) is 31.7 Å². The fraction of sp³-hybridized carbons (Fsp3) is 0.438. The summed E-state index contributed by atoms with van der Waals surface area (Å²) in [6.45, 7) is 2.04. The molecule has 0 spiro atoms. The van der Waals surface area contributed by atoms with E-state index in [1.807, 2.05) is 24.3 Å². The number of rotatable bonds is 3. The van der Waals surface area contributed by atoms with Crippen LogP contribution in [0.2, 0.25) is 0 Å². The van der Waals surface area contributed by atoms with Crippen molar-refractivity contribution in [1.82, 2.24) is 15.5 Å². The van der Waals surface area contributed by atoms with Crippen LogP contribution in [0.25, 0.3) is 10.8 Å². The molecule has 1 N–H and O–H groups in total. The normalized spacial score (nSPS) is 18.2. The van der Waals surface area contributed by atoms with Gasteiger partial charge in [-0.05, 0) is 25.7 Å². The zero-order valence-corrected chi connectivity index (χ0v) is 11.9. The first kappa shape index (κ1) is 12.6. The van der Waals surface area contributed by atoms with Gasteiger partial charge in [-0.25, -0.2) is 0 Å². The Kier molecular flexibility index (Phi) is 2.98. The predicted octanol–water partition coefficient (Wildman–Crippen LogP) is 2.12. The van der Waals surface area contributed by atoms with Gasteiger partial charge in [0, 0.05) is 29.9 Å². The number of hydrogen-bond donors (Lipinski definition) is 1. The van der Waals surface area contributed by atoms with Crippen LogP contribution in [0.5, 0.6) is 0 Å². The van der Waals surface area contributed by atoms with E-state index in [4.69, 9.17) is 0 Å². The van der Waals surface area contributed by atoms with E-state index in [9.17, 15) is 4.79 Å². The average molecular weight is 282 g/mol. The summed E-state index contributed by atoms with van der Waals surface area (Å²) in [6.07, 6.45) is 4.53. The molecule has 2 aliphatic rings. The van der Waals surface area contributed by atoms with Gasteiger partial charge in [0.05, 0.1) is 0 Å². The lowest BCUT2D eigenvalue weighted by Gasteiger charge is -2.18. The topological polar surface area (TPSA) is 58.1 Å². The second-order valence-corrected chi connectivity index (χ2v) is 5.86. The third-order valence-electron chi connectivity index (χ3n) is 4.20. The van der Waals surface area contributed by atoms with Gasteiger partial charge in [-0.2, -0.15) is 0 Å². The first-order valence-electron chi connectivity index (χ1n) is 7.64. The molecule has 0 unspecified atom stereocenters. The first-order valence-corrected chi connectivity index (χ1v) is 7.64. The smallest absolute Gasteiger partial charge is 0.272 e. The van der Waals surface area contributed by atoms with E-state index in [1.54, 1.807) is 0 Å². The minimum atomic E-state index is -0.103. The summed E-state index contributed by atoms with van der Waals surface area (Å²) in [5.74, 6) is 0.806. The Labute approximate surface area is 123 Å². The van der Waals surface area contributed by atoms with E-state index < -0.39 is 0 Å². The Bertz CT molecular complexity index is 690. The molecule has 1 amide bonds. The minimum absolute atomic E-state index is 0.103. The molecule has 0 radical (unpaired) electrons. The third kappa shape index (κ3) is 2.33. The molecular formula is C16H18N4O. The molecule has 0 bridgehead atoms. The second-order valence-electron chi connectivity index (χ2n) is 5.86. The molecule has 21 heavy (non-hydrogen) atoms. The van der Waals surface area contributed by atoms with Crippen molar-refractivity contribution in [2.24, 2.45) is 0 Å². The minimum Gasteiger partial charge on any atom is -0.355 e. The van der Waals surface area contributed by atoms with Crippen LogP contribution in [0.1, 0.15) is 36.2 Å². The summed E-state index contributed by atoms with van der Waals surface area (Å²) in [5, 5.41) is 13.5. The predicted molar refractivity (Wildman–Crippen MR) is 81.5 cm³/mol. The number of nitrogens with one attached hydrogen (secondary N) is 1. The van der Waals surface area contributed by atoms with Gasteiger partial charge >= 0.3 is 0 Å². The van der Waals surface area contributed by atoms with Crippen molar-refractivity contribution in [3.63, 3.8) is 0 Å². The van der Waals surface area contributed by atoms with Crippen molar-refractivity contribution in [3.05, 3.63) is 30.0 Å². The van der Waals surface area contributed by atoms with Gasteiger partial charge in [0.2, 0.25) is 0 Å². The molecule has 5 heteroatoms. The largest absolute Gasteiger partial charge is 0.355 e. The SMILES string of the molecule is O=C(NC1CC1)c1nnc(N2CCCC2)c2ccccc12. The van der Waals surface area contributed by atoms with Gasteiger partial charge in [0.25, 0.3) is 5.91 Å². The van der Waals surface area contributed by atoms with Gasteiger partial charge < -0.3 is 10.2 Å². The highest BCUT2D eigenvalue weighted by molar-refractivity contribution is 6.07. The van der Waals surface area contributed by atoms with Gasteiger partial charge in [-0.1, -0.05) is 24.3 Å². The molecule has 2 aromatic rings. The molecule has 1 aliphatic carbocycles. The second kappa shape index (κ2) is 4.98. The van der Waals surface area contributed by atoms with Gasteiger partial charge in [-0.15, -0.1) is 10.2 Å². The van der Waals surface area contributed by atoms with Crippen molar-refractivity contribution in [1.29, 1.82) is 0 Å². The number of fused-ring (bicyclic) bond motifs is 1.